The van der Waals surface area contributed by atoms with Gasteiger partial charge in [0.15, 0.2) is 0 Å². The molecule has 0 radical (unpaired) electrons. The molecule has 1 aliphatic heterocycles. The van der Waals surface area contributed by atoms with Gasteiger partial charge < -0.3 is 4.90 Å². The van der Waals surface area contributed by atoms with Gasteiger partial charge in [-0.15, -0.1) is 0 Å². The maximum absolute atomic E-state index is 13.3. The summed E-state index contributed by atoms with van der Waals surface area (Å²) in [5.74, 6) is -1.09. The number of amides is 1. The van der Waals surface area contributed by atoms with Crippen LogP contribution < -0.4 is 0 Å². The molecule has 1 aliphatic rings. The van der Waals surface area contributed by atoms with E-state index in [0.29, 0.717) is 13.1 Å². The number of nitrogens with zero attached hydrogens (tertiary/aromatic N) is 2. The van der Waals surface area contributed by atoms with E-state index in [-0.39, 0.29) is 11.5 Å². The second kappa shape index (κ2) is 5.77. The van der Waals surface area contributed by atoms with Crippen LogP contribution in [0.5, 0.6) is 0 Å². The Balaban J connectivity index is 2.24. The molecular formula is C13H15FN2O3. The van der Waals surface area contributed by atoms with E-state index in [1.807, 2.05) is 0 Å². The molecule has 0 aromatic heterocycles. The van der Waals surface area contributed by atoms with Crippen LogP contribution in [0, 0.1) is 15.9 Å². The van der Waals surface area contributed by atoms with Gasteiger partial charge in [-0.25, -0.2) is 4.39 Å². The first-order valence-corrected chi connectivity index (χ1v) is 6.32. The number of carbonyl (C=O) groups is 1. The number of carbonyl (C=O) groups excluding carboxylic acids is 1. The van der Waals surface area contributed by atoms with Gasteiger partial charge in [0.05, 0.1) is 11.0 Å². The SMILES string of the molecule is O=C(c1cc(F)cc([N+](=O)[O-])c1)N1CCCCCC1. The van der Waals surface area contributed by atoms with Gasteiger partial charge in [-0.2, -0.15) is 0 Å². The molecule has 1 heterocycles. The highest BCUT2D eigenvalue weighted by atomic mass is 19.1. The molecule has 1 amide bonds. The zero-order valence-corrected chi connectivity index (χ0v) is 10.5. The summed E-state index contributed by atoms with van der Waals surface area (Å²) >= 11 is 0. The summed E-state index contributed by atoms with van der Waals surface area (Å²) in [6, 6.07) is 3.01. The topological polar surface area (TPSA) is 63.4 Å². The molecule has 0 aliphatic carbocycles. The average Bonchev–Trinajstić information content (AvgIpc) is 2.65. The molecule has 2 rings (SSSR count). The van der Waals surface area contributed by atoms with Gasteiger partial charge >= 0.3 is 0 Å². The molecule has 6 heteroatoms. The van der Waals surface area contributed by atoms with Crippen molar-refractivity contribution in [3.63, 3.8) is 0 Å². The first kappa shape index (κ1) is 13.5. The van der Waals surface area contributed by atoms with Crippen LogP contribution in [-0.2, 0) is 0 Å². The first-order valence-electron chi connectivity index (χ1n) is 6.32. The number of hydrogen-bond donors (Lipinski definition) is 0. The summed E-state index contributed by atoms with van der Waals surface area (Å²) in [4.78, 5) is 23.8. The number of rotatable bonds is 2. The van der Waals surface area contributed by atoms with Gasteiger partial charge in [0.1, 0.15) is 5.82 Å². The number of benzene rings is 1. The number of halogens is 1. The van der Waals surface area contributed by atoms with E-state index in [4.69, 9.17) is 0 Å². The smallest absolute Gasteiger partial charge is 0.273 e. The predicted octanol–water partition coefficient (Wildman–Crippen LogP) is 2.75. The lowest BCUT2D eigenvalue weighted by Gasteiger charge is -2.20. The third kappa shape index (κ3) is 3.27. The highest BCUT2D eigenvalue weighted by Crippen LogP contribution is 2.19. The van der Waals surface area contributed by atoms with Crippen LogP contribution >= 0.6 is 0 Å². The fourth-order valence-corrected chi connectivity index (χ4v) is 2.26. The summed E-state index contributed by atoms with van der Waals surface area (Å²) in [6.07, 6.45) is 3.99. The Bertz CT molecular complexity index is 497. The number of non-ortho nitro benzene ring substituents is 1. The minimum atomic E-state index is -0.757. The molecule has 1 fully saturated rings. The first-order chi connectivity index (χ1) is 9.08. The maximum Gasteiger partial charge on any atom is 0.273 e. The fourth-order valence-electron chi connectivity index (χ4n) is 2.26. The second-order valence-corrected chi connectivity index (χ2v) is 4.66. The molecule has 19 heavy (non-hydrogen) atoms. The van der Waals surface area contributed by atoms with Crippen LogP contribution in [-0.4, -0.2) is 28.8 Å². The lowest BCUT2D eigenvalue weighted by molar-refractivity contribution is -0.385. The minimum Gasteiger partial charge on any atom is -0.339 e. The standard InChI is InChI=1S/C13H15FN2O3/c14-11-7-10(8-12(9-11)16(18)19)13(17)15-5-3-1-2-4-6-15/h7-9H,1-6H2. The van der Waals surface area contributed by atoms with E-state index in [2.05, 4.69) is 0 Å². The van der Waals surface area contributed by atoms with Crippen LogP contribution in [0.25, 0.3) is 0 Å². The molecule has 1 saturated heterocycles. The van der Waals surface area contributed by atoms with Crippen molar-refractivity contribution < 1.29 is 14.1 Å². The van der Waals surface area contributed by atoms with Gasteiger partial charge in [-0.05, 0) is 18.9 Å². The lowest BCUT2D eigenvalue weighted by Crippen LogP contribution is -2.31. The van der Waals surface area contributed by atoms with Crippen molar-refractivity contribution in [2.45, 2.75) is 25.7 Å². The molecule has 0 atom stereocenters. The molecule has 1 aromatic carbocycles. The van der Waals surface area contributed by atoms with Crippen LogP contribution in [0.15, 0.2) is 18.2 Å². The maximum atomic E-state index is 13.3. The highest BCUT2D eigenvalue weighted by molar-refractivity contribution is 5.94. The van der Waals surface area contributed by atoms with E-state index in [1.165, 1.54) is 0 Å². The molecule has 0 unspecified atom stereocenters. The molecule has 0 N–H and O–H groups in total. The van der Waals surface area contributed by atoms with Gasteiger partial charge in [-0.1, -0.05) is 12.8 Å². The van der Waals surface area contributed by atoms with Crippen LogP contribution in [0.1, 0.15) is 36.0 Å². The lowest BCUT2D eigenvalue weighted by atomic mass is 10.1. The Labute approximate surface area is 110 Å². The Morgan fingerprint density at radius 2 is 1.79 bits per heavy atom. The molecule has 0 bridgehead atoms. The van der Waals surface area contributed by atoms with E-state index in [1.54, 1.807) is 4.90 Å². The van der Waals surface area contributed by atoms with Crippen molar-refractivity contribution in [3.05, 3.63) is 39.7 Å². The Kier molecular flexibility index (Phi) is 4.09. The fraction of sp³-hybridized carbons (Fsp3) is 0.462. The van der Waals surface area contributed by atoms with E-state index in [0.717, 1.165) is 43.9 Å². The summed E-state index contributed by atoms with van der Waals surface area (Å²) in [6.45, 7) is 1.26. The normalized spacial score (nSPS) is 15.9. The summed E-state index contributed by atoms with van der Waals surface area (Å²) in [7, 11) is 0. The summed E-state index contributed by atoms with van der Waals surface area (Å²) in [5, 5.41) is 10.7. The molecule has 102 valence electrons. The summed E-state index contributed by atoms with van der Waals surface area (Å²) in [5.41, 5.74) is -0.341. The molecule has 5 nitrogen and oxygen atoms in total. The molecule has 0 saturated carbocycles. The van der Waals surface area contributed by atoms with Crippen molar-refractivity contribution in [3.8, 4) is 0 Å². The van der Waals surface area contributed by atoms with Crippen molar-refractivity contribution in [2.75, 3.05) is 13.1 Å². The number of nitro groups is 1. The minimum absolute atomic E-state index is 0.0496. The molecular weight excluding hydrogens is 251 g/mol. The monoisotopic (exact) mass is 266 g/mol. The number of likely N-dealkylation sites (tertiary alicyclic amines) is 1. The zero-order valence-electron chi connectivity index (χ0n) is 10.5. The second-order valence-electron chi connectivity index (χ2n) is 4.66. The van der Waals surface area contributed by atoms with Crippen molar-refractivity contribution in [2.24, 2.45) is 0 Å². The van der Waals surface area contributed by atoms with Crippen molar-refractivity contribution >= 4 is 11.6 Å². The van der Waals surface area contributed by atoms with Crippen LogP contribution in [0.4, 0.5) is 10.1 Å². The number of hydrogen-bond acceptors (Lipinski definition) is 3. The van der Waals surface area contributed by atoms with Gasteiger partial charge in [0.2, 0.25) is 0 Å². The average molecular weight is 266 g/mol. The third-order valence-corrected chi connectivity index (χ3v) is 3.23. The van der Waals surface area contributed by atoms with Crippen molar-refractivity contribution in [1.29, 1.82) is 0 Å². The van der Waals surface area contributed by atoms with Crippen LogP contribution in [0.2, 0.25) is 0 Å². The number of nitro benzene ring substituents is 1. The van der Waals surface area contributed by atoms with Gasteiger partial charge in [0.25, 0.3) is 11.6 Å². The van der Waals surface area contributed by atoms with Gasteiger partial charge in [0, 0.05) is 24.7 Å². The van der Waals surface area contributed by atoms with Crippen LogP contribution in [0.3, 0.4) is 0 Å². The Morgan fingerprint density at radius 1 is 1.16 bits per heavy atom. The Morgan fingerprint density at radius 3 is 2.37 bits per heavy atom. The summed E-state index contributed by atoms with van der Waals surface area (Å²) < 4.78 is 13.3. The third-order valence-electron chi connectivity index (χ3n) is 3.23. The molecule has 0 spiro atoms. The highest BCUT2D eigenvalue weighted by Gasteiger charge is 2.20. The van der Waals surface area contributed by atoms with E-state index >= 15 is 0 Å². The van der Waals surface area contributed by atoms with E-state index in [9.17, 15) is 19.3 Å². The Hall–Kier alpha value is -1.98. The quantitative estimate of drug-likeness (QED) is 0.610. The van der Waals surface area contributed by atoms with Gasteiger partial charge in [-0.3, -0.25) is 14.9 Å². The van der Waals surface area contributed by atoms with E-state index < -0.39 is 16.4 Å². The largest absolute Gasteiger partial charge is 0.339 e. The zero-order chi connectivity index (χ0) is 13.8. The predicted molar refractivity (Wildman–Crippen MR) is 67.4 cm³/mol. The van der Waals surface area contributed by atoms with Crippen molar-refractivity contribution in [1.82, 2.24) is 4.90 Å². The molecule has 1 aromatic rings.